The van der Waals surface area contributed by atoms with Gasteiger partial charge in [0.25, 0.3) is 5.95 Å². The highest BCUT2D eigenvalue weighted by molar-refractivity contribution is 9.10. The molecule has 2 aromatic carbocycles. The summed E-state index contributed by atoms with van der Waals surface area (Å²) in [6.07, 6.45) is 1.74. The molecule has 2 heterocycles. The Morgan fingerprint density at radius 3 is 2.64 bits per heavy atom. The second-order valence-corrected chi connectivity index (χ2v) is 7.48. The molecule has 4 rings (SSSR count). The summed E-state index contributed by atoms with van der Waals surface area (Å²) in [6.45, 7) is 2.88. The number of hydrogen-bond donors (Lipinski definition) is 1. The Hall–Kier alpha value is -3.00. The Balaban J connectivity index is 1.62. The zero-order valence-corrected chi connectivity index (χ0v) is 17.5. The van der Waals surface area contributed by atoms with E-state index >= 15 is 0 Å². The van der Waals surface area contributed by atoms with Crippen LogP contribution in [0.4, 0.5) is 11.6 Å². The van der Waals surface area contributed by atoms with Crippen molar-refractivity contribution in [3.05, 3.63) is 52.5 Å². The fraction of sp³-hybridized carbons (Fsp3) is 0.200. The van der Waals surface area contributed by atoms with Crippen molar-refractivity contribution in [2.24, 2.45) is 5.10 Å². The van der Waals surface area contributed by atoms with Crippen molar-refractivity contribution < 1.29 is 0 Å². The van der Waals surface area contributed by atoms with Gasteiger partial charge in [-0.05, 0) is 42.8 Å². The molecule has 7 nitrogen and oxygen atoms in total. The van der Waals surface area contributed by atoms with Crippen LogP contribution in [-0.4, -0.2) is 40.1 Å². The van der Waals surface area contributed by atoms with Crippen LogP contribution in [0, 0.1) is 0 Å². The zero-order valence-electron chi connectivity index (χ0n) is 15.9. The number of aromatic nitrogens is 4. The molecule has 0 spiro atoms. The smallest absolute Gasteiger partial charge is 0.265 e. The Bertz CT molecular complexity index is 1160. The summed E-state index contributed by atoms with van der Waals surface area (Å²) in [5.74, 6) is 0.366. The van der Waals surface area contributed by atoms with Gasteiger partial charge in [0.2, 0.25) is 0 Å². The van der Waals surface area contributed by atoms with E-state index in [-0.39, 0.29) is 0 Å². The predicted octanol–water partition coefficient (Wildman–Crippen LogP) is 4.27. The molecule has 2 aromatic heterocycles. The van der Waals surface area contributed by atoms with E-state index in [1.165, 1.54) is 0 Å². The molecule has 0 fully saturated rings. The summed E-state index contributed by atoms with van der Waals surface area (Å²) in [4.78, 5) is 6.68. The standard InChI is InChI=1S/C20H20BrN7/c1-4-28-17-10-7-14(21)11-16(17)18-19(28)23-20(26-24-18)25-22-12-13-5-8-15(9-6-13)27(2)3/h5-12H,4H2,1-3H3,(H,23,25,26)/b22-12+. The average Bonchev–Trinajstić information content (AvgIpc) is 3.00. The highest BCUT2D eigenvalue weighted by Crippen LogP contribution is 2.28. The highest BCUT2D eigenvalue weighted by atomic mass is 79.9. The number of benzene rings is 2. The van der Waals surface area contributed by atoms with Crippen molar-refractivity contribution in [3.8, 4) is 0 Å². The van der Waals surface area contributed by atoms with Gasteiger partial charge in [-0.15, -0.1) is 10.2 Å². The molecule has 0 radical (unpaired) electrons. The number of fused-ring (bicyclic) bond motifs is 3. The van der Waals surface area contributed by atoms with E-state index in [1.807, 2.05) is 50.5 Å². The number of halogens is 1. The minimum Gasteiger partial charge on any atom is -0.378 e. The second-order valence-electron chi connectivity index (χ2n) is 6.57. The molecule has 0 amide bonds. The van der Waals surface area contributed by atoms with Crippen molar-refractivity contribution in [2.45, 2.75) is 13.5 Å². The Morgan fingerprint density at radius 1 is 1.14 bits per heavy atom. The van der Waals surface area contributed by atoms with E-state index in [0.29, 0.717) is 5.95 Å². The van der Waals surface area contributed by atoms with Crippen LogP contribution in [0.15, 0.2) is 52.0 Å². The van der Waals surface area contributed by atoms with Gasteiger partial charge < -0.3 is 9.47 Å². The summed E-state index contributed by atoms with van der Waals surface area (Å²) in [7, 11) is 4.03. The quantitative estimate of drug-likeness (QED) is 0.372. The number of anilines is 2. The molecular formula is C20H20BrN7. The van der Waals surface area contributed by atoms with Crippen molar-refractivity contribution in [3.63, 3.8) is 0 Å². The Labute approximate surface area is 171 Å². The van der Waals surface area contributed by atoms with Crippen LogP contribution >= 0.6 is 15.9 Å². The molecule has 1 N–H and O–H groups in total. The molecule has 0 bridgehead atoms. The van der Waals surface area contributed by atoms with Crippen LogP contribution in [0.3, 0.4) is 0 Å². The van der Waals surface area contributed by atoms with Crippen molar-refractivity contribution in [1.82, 2.24) is 19.7 Å². The maximum Gasteiger partial charge on any atom is 0.265 e. The van der Waals surface area contributed by atoms with Crippen LogP contribution < -0.4 is 10.3 Å². The van der Waals surface area contributed by atoms with Gasteiger partial charge in [-0.3, -0.25) is 0 Å². The third-order valence-electron chi connectivity index (χ3n) is 4.53. The normalized spacial score (nSPS) is 11.6. The molecule has 142 valence electrons. The first-order chi connectivity index (χ1) is 13.6. The number of rotatable bonds is 5. The molecule has 0 aliphatic heterocycles. The topological polar surface area (TPSA) is 71.2 Å². The molecule has 0 atom stereocenters. The Morgan fingerprint density at radius 2 is 1.93 bits per heavy atom. The number of hydrogen-bond acceptors (Lipinski definition) is 6. The fourth-order valence-corrected chi connectivity index (χ4v) is 3.48. The lowest BCUT2D eigenvalue weighted by Gasteiger charge is -2.11. The van der Waals surface area contributed by atoms with Crippen LogP contribution in [0.2, 0.25) is 0 Å². The van der Waals surface area contributed by atoms with Crippen molar-refractivity contribution in [2.75, 3.05) is 24.4 Å². The second kappa shape index (κ2) is 7.55. The summed E-state index contributed by atoms with van der Waals surface area (Å²) in [5, 5.41) is 13.8. The van der Waals surface area contributed by atoms with Crippen LogP contribution in [0.25, 0.3) is 22.1 Å². The first-order valence-corrected chi connectivity index (χ1v) is 9.74. The largest absolute Gasteiger partial charge is 0.378 e. The van der Waals surface area contributed by atoms with Gasteiger partial charge >= 0.3 is 0 Å². The third-order valence-corrected chi connectivity index (χ3v) is 5.03. The van der Waals surface area contributed by atoms with Gasteiger partial charge in [0, 0.05) is 36.2 Å². The summed E-state index contributed by atoms with van der Waals surface area (Å²) >= 11 is 3.52. The van der Waals surface area contributed by atoms with Crippen molar-refractivity contribution in [1.29, 1.82) is 0 Å². The van der Waals surface area contributed by atoms with Crippen LogP contribution in [-0.2, 0) is 6.54 Å². The predicted molar refractivity (Wildman–Crippen MR) is 118 cm³/mol. The molecule has 8 heteroatoms. The van der Waals surface area contributed by atoms with Gasteiger partial charge in [0.15, 0.2) is 5.65 Å². The summed E-state index contributed by atoms with van der Waals surface area (Å²) in [6, 6.07) is 14.2. The minimum absolute atomic E-state index is 0.366. The van der Waals surface area contributed by atoms with E-state index in [4.69, 9.17) is 0 Å². The first kappa shape index (κ1) is 18.4. The van der Waals surface area contributed by atoms with Gasteiger partial charge in [-0.1, -0.05) is 28.1 Å². The fourth-order valence-electron chi connectivity index (χ4n) is 3.12. The molecule has 0 saturated heterocycles. The lowest BCUT2D eigenvalue weighted by Crippen LogP contribution is -2.08. The molecule has 28 heavy (non-hydrogen) atoms. The number of nitrogens with zero attached hydrogens (tertiary/aromatic N) is 6. The third kappa shape index (κ3) is 3.43. The monoisotopic (exact) mass is 437 g/mol. The average molecular weight is 438 g/mol. The number of hydrazone groups is 1. The van der Waals surface area contributed by atoms with E-state index in [1.54, 1.807) is 6.21 Å². The molecule has 0 aliphatic rings. The van der Waals surface area contributed by atoms with Gasteiger partial charge in [-0.2, -0.15) is 10.1 Å². The van der Waals surface area contributed by atoms with Crippen LogP contribution in [0.5, 0.6) is 0 Å². The van der Waals surface area contributed by atoms with Gasteiger partial charge in [0.1, 0.15) is 5.52 Å². The number of nitrogens with one attached hydrogen (secondary N) is 1. The van der Waals surface area contributed by atoms with E-state index in [9.17, 15) is 0 Å². The van der Waals surface area contributed by atoms with E-state index in [0.717, 1.165) is 44.3 Å². The molecular weight excluding hydrogens is 418 g/mol. The van der Waals surface area contributed by atoms with Gasteiger partial charge in [0.05, 0.1) is 11.7 Å². The lowest BCUT2D eigenvalue weighted by atomic mass is 10.2. The SMILES string of the molecule is CCn1c2ccc(Br)cc2c2nnc(N/N=C/c3ccc(N(C)C)cc3)nc21. The van der Waals surface area contributed by atoms with Gasteiger partial charge in [-0.25, -0.2) is 5.43 Å². The molecule has 0 unspecified atom stereocenters. The van der Waals surface area contributed by atoms with Crippen molar-refractivity contribution >= 4 is 55.8 Å². The molecule has 0 saturated carbocycles. The molecule has 0 aliphatic carbocycles. The summed E-state index contributed by atoms with van der Waals surface area (Å²) < 4.78 is 3.13. The van der Waals surface area contributed by atoms with Crippen LogP contribution in [0.1, 0.15) is 12.5 Å². The molecule has 4 aromatic rings. The Kier molecular flexibility index (Phi) is 4.95. The number of aryl methyl sites for hydroxylation is 1. The maximum absolute atomic E-state index is 4.62. The first-order valence-electron chi connectivity index (χ1n) is 8.95. The van der Waals surface area contributed by atoms with E-state index < -0.39 is 0 Å². The minimum atomic E-state index is 0.366. The summed E-state index contributed by atoms with van der Waals surface area (Å²) in [5.41, 5.74) is 7.67. The zero-order chi connectivity index (χ0) is 19.7. The van der Waals surface area contributed by atoms with E-state index in [2.05, 4.69) is 64.1 Å². The highest BCUT2D eigenvalue weighted by Gasteiger charge is 2.14. The maximum atomic E-state index is 4.62. The lowest BCUT2D eigenvalue weighted by molar-refractivity contribution is 0.811.